The topological polar surface area (TPSA) is 59.0 Å². The minimum atomic E-state index is -4.59. The van der Waals surface area contributed by atoms with Crippen LogP contribution in [0.2, 0.25) is 0 Å². The molecule has 2 fully saturated rings. The van der Waals surface area contributed by atoms with E-state index < -0.39 is 29.0 Å². The molecule has 3 rings (SSSR count). The van der Waals surface area contributed by atoms with E-state index in [0.717, 1.165) is 12.5 Å². The van der Waals surface area contributed by atoms with Crippen molar-refractivity contribution in [3.63, 3.8) is 0 Å². The number of aliphatic hydroxyl groups is 1. The molecule has 5 nitrogen and oxygen atoms in total. The fraction of sp³-hybridized carbons (Fsp3) is 0.667. The lowest BCUT2D eigenvalue weighted by Gasteiger charge is -2.52. The maximum absolute atomic E-state index is 13.4. The van der Waals surface area contributed by atoms with Gasteiger partial charge in [0.05, 0.1) is 18.3 Å². The van der Waals surface area contributed by atoms with Crippen LogP contribution in [0.4, 0.5) is 18.0 Å². The van der Waals surface area contributed by atoms with Gasteiger partial charge in [-0.05, 0) is 57.7 Å². The molecule has 0 spiro atoms. The number of piperidine rings is 2. The normalized spacial score (nSPS) is 27.5. The van der Waals surface area contributed by atoms with Crippen molar-refractivity contribution in [3.8, 4) is 5.75 Å². The molecule has 1 amide bonds. The summed E-state index contributed by atoms with van der Waals surface area (Å²) in [5.74, 6) is -0.281. The van der Waals surface area contributed by atoms with Crippen molar-refractivity contribution in [2.45, 2.75) is 82.3 Å². The highest BCUT2D eigenvalue weighted by atomic mass is 19.4. The highest BCUT2D eigenvalue weighted by Crippen LogP contribution is 2.47. The maximum Gasteiger partial charge on any atom is 0.419 e. The Hall–Kier alpha value is -1.96. The number of halogens is 3. The number of alkyl halides is 3. The van der Waals surface area contributed by atoms with Crippen molar-refractivity contribution in [3.05, 3.63) is 29.3 Å². The number of ether oxygens (including phenoxy) is 2. The van der Waals surface area contributed by atoms with Crippen molar-refractivity contribution in [1.82, 2.24) is 4.90 Å². The molecule has 8 heteroatoms. The average molecular weight is 415 g/mol. The number of amides is 1. The molecule has 1 aromatic rings. The molecule has 0 aliphatic carbocycles. The van der Waals surface area contributed by atoms with E-state index in [4.69, 9.17) is 9.47 Å². The summed E-state index contributed by atoms with van der Waals surface area (Å²) in [5, 5.41) is 11.3. The lowest BCUT2D eigenvalue weighted by Crippen LogP contribution is -2.59. The Morgan fingerprint density at radius 3 is 2.24 bits per heavy atom. The molecule has 2 bridgehead atoms. The van der Waals surface area contributed by atoms with Crippen LogP contribution in [0.3, 0.4) is 0 Å². The molecule has 0 saturated carbocycles. The van der Waals surface area contributed by atoms with E-state index in [2.05, 4.69) is 0 Å². The average Bonchev–Trinajstić information content (AvgIpc) is 2.58. The minimum Gasteiger partial charge on any atom is -0.496 e. The monoisotopic (exact) mass is 415 g/mol. The van der Waals surface area contributed by atoms with Crippen LogP contribution in [0.1, 0.15) is 64.0 Å². The zero-order valence-electron chi connectivity index (χ0n) is 17.2. The van der Waals surface area contributed by atoms with Gasteiger partial charge in [0.2, 0.25) is 0 Å². The SMILES string of the molecule is COc1ccc(C2(O)CC3CCCC(C2)N3C(=O)OC(C)(C)C)cc1C(F)(F)F. The van der Waals surface area contributed by atoms with E-state index in [0.29, 0.717) is 12.8 Å². The molecule has 29 heavy (non-hydrogen) atoms. The van der Waals surface area contributed by atoms with E-state index in [-0.39, 0.29) is 36.2 Å². The Morgan fingerprint density at radius 2 is 1.76 bits per heavy atom. The smallest absolute Gasteiger partial charge is 0.419 e. The minimum absolute atomic E-state index is 0.173. The number of hydrogen-bond donors (Lipinski definition) is 1. The molecule has 2 aliphatic rings. The van der Waals surface area contributed by atoms with Crippen LogP contribution in [0, 0.1) is 0 Å². The van der Waals surface area contributed by atoms with Crippen molar-refractivity contribution in [2.24, 2.45) is 0 Å². The summed E-state index contributed by atoms with van der Waals surface area (Å²) < 4.78 is 50.7. The summed E-state index contributed by atoms with van der Waals surface area (Å²) >= 11 is 0. The zero-order chi connectivity index (χ0) is 21.6. The van der Waals surface area contributed by atoms with Gasteiger partial charge in [0.15, 0.2) is 0 Å². The van der Waals surface area contributed by atoms with Crippen molar-refractivity contribution >= 4 is 6.09 Å². The molecule has 0 aromatic heterocycles. The number of hydrogen-bond acceptors (Lipinski definition) is 4. The molecule has 162 valence electrons. The number of rotatable bonds is 2. The lowest BCUT2D eigenvalue weighted by atomic mass is 9.72. The zero-order valence-corrected chi connectivity index (χ0v) is 17.2. The fourth-order valence-corrected chi connectivity index (χ4v) is 4.50. The van der Waals surface area contributed by atoms with Gasteiger partial charge < -0.3 is 19.5 Å². The lowest BCUT2D eigenvalue weighted by molar-refractivity contribution is -0.139. The maximum atomic E-state index is 13.4. The van der Waals surface area contributed by atoms with Crippen molar-refractivity contribution in [1.29, 1.82) is 0 Å². The van der Waals surface area contributed by atoms with E-state index >= 15 is 0 Å². The first-order chi connectivity index (χ1) is 13.3. The van der Waals surface area contributed by atoms with E-state index in [1.54, 1.807) is 25.7 Å². The second kappa shape index (κ2) is 7.38. The molecule has 2 saturated heterocycles. The molecule has 1 aromatic carbocycles. The number of benzene rings is 1. The van der Waals surface area contributed by atoms with Gasteiger partial charge in [0.1, 0.15) is 11.4 Å². The summed E-state index contributed by atoms with van der Waals surface area (Å²) in [7, 11) is 1.18. The quantitative estimate of drug-likeness (QED) is 0.750. The summed E-state index contributed by atoms with van der Waals surface area (Å²) in [6.45, 7) is 5.37. The van der Waals surface area contributed by atoms with E-state index in [9.17, 15) is 23.1 Å². The van der Waals surface area contributed by atoms with Gasteiger partial charge >= 0.3 is 12.3 Å². The highest BCUT2D eigenvalue weighted by molar-refractivity contribution is 5.69. The Bertz CT molecular complexity index is 758. The summed E-state index contributed by atoms with van der Waals surface area (Å²) in [6, 6.07) is 3.13. The third-order valence-electron chi connectivity index (χ3n) is 5.65. The summed E-state index contributed by atoms with van der Waals surface area (Å²) in [4.78, 5) is 14.4. The Kier molecular flexibility index (Phi) is 5.53. The van der Waals surface area contributed by atoms with Gasteiger partial charge in [0, 0.05) is 24.9 Å². The van der Waals surface area contributed by atoms with Crippen LogP contribution < -0.4 is 4.74 Å². The van der Waals surface area contributed by atoms with Crippen LogP contribution in [0.15, 0.2) is 18.2 Å². The number of carbonyl (C=O) groups is 1. The largest absolute Gasteiger partial charge is 0.496 e. The highest BCUT2D eigenvalue weighted by Gasteiger charge is 2.49. The molecule has 2 heterocycles. The van der Waals surface area contributed by atoms with Gasteiger partial charge in [-0.15, -0.1) is 0 Å². The molecule has 2 unspecified atom stereocenters. The first-order valence-electron chi connectivity index (χ1n) is 9.83. The Labute approximate surface area is 168 Å². The fourth-order valence-electron chi connectivity index (χ4n) is 4.50. The third-order valence-corrected chi connectivity index (χ3v) is 5.65. The standard InChI is InChI=1S/C21H28F3NO4/c1-19(2,3)29-18(26)25-14-6-5-7-15(25)12-20(27,11-14)13-8-9-17(28-4)16(10-13)21(22,23)24/h8-10,14-15,27H,5-7,11-12H2,1-4H3. The van der Waals surface area contributed by atoms with Gasteiger partial charge in [-0.1, -0.05) is 6.07 Å². The number of fused-ring (bicyclic) bond motifs is 2. The van der Waals surface area contributed by atoms with Crippen molar-refractivity contribution in [2.75, 3.05) is 7.11 Å². The first kappa shape index (κ1) is 21.7. The second-order valence-corrected chi connectivity index (χ2v) is 8.98. The Morgan fingerprint density at radius 1 is 1.17 bits per heavy atom. The van der Waals surface area contributed by atoms with Crippen LogP contribution in [-0.2, 0) is 16.5 Å². The molecule has 2 aliphatic heterocycles. The number of carbonyl (C=O) groups excluding carboxylic acids is 1. The van der Waals surface area contributed by atoms with Crippen molar-refractivity contribution < 1.29 is 32.5 Å². The second-order valence-electron chi connectivity index (χ2n) is 8.98. The number of nitrogens with zero attached hydrogens (tertiary/aromatic N) is 1. The summed E-state index contributed by atoms with van der Waals surface area (Å²) in [5.41, 5.74) is -2.80. The van der Waals surface area contributed by atoms with Crippen LogP contribution in [0.25, 0.3) is 0 Å². The molecule has 0 radical (unpaired) electrons. The predicted molar refractivity (Wildman–Crippen MR) is 101 cm³/mol. The molecule has 1 N–H and O–H groups in total. The van der Waals surface area contributed by atoms with Crippen LogP contribution in [0.5, 0.6) is 5.75 Å². The number of methoxy groups -OCH3 is 1. The first-order valence-corrected chi connectivity index (χ1v) is 9.83. The van der Waals surface area contributed by atoms with Gasteiger partial charge in [-0.25, -0.2) is 4.79 Å². The van der Waals surface area contributed by atoms with E-state index in [1.165, 1.54) is 19.2 Å². The van der Waals surface area contributed by atoms with Gasteiger partial charge in [-0.3, -0.25) is 0 Å². The van der Waals surface area contributed by atoms with Crippen LogP contribution >= 0.6 is 0 Å². The third kappa shape index (κ3) is 4.47. The summed E-state index contributed by atoms with van der Waals surface area (Å²) in [6.07, 6.45) is -2.41. The van der Waals surface area contributed by atoms with Gasteiger partial charge in [0.25, 0.3) is 0 Å². The molecular formula is C21H28F3NO4. The predicted octanol–water partition coefficient (Wildman–Crippen LogP) is 4.85. The van der Waals surface area contributed by atoms with E-state index in [1.807, 2.05) is 0 Å². The molecular weight excluding hydrogens is 387 g/mol. The molecule has 2 atom stereocenters. The van der Waals surface area contributed by atoms with Gasteiger partial charge in [-0.2, -0.15) is 13.2 Å². The van der Waals surface area contributed by atoms with Crippen LogP contribution in [-0.4, -0.2) is 40.9 Å². The Balaban J connectivity index is 1.91.